The van der Waals surface area contributed by atoms with Gasteiger partial charge in [-0.1, -0.05) is 37.0 Å². The zero-order valence-corrected chi connectivity index (χ0v) is 16.1. The highest BCUT2D eigenvalue weighted by Crippen LogP contribution is 2.40. The van der Waals surface area contributed by atoms with Crippen LogP contribution in [0, 0.1) is 0 Å². The Kier molecular flexibility index (Phi) is 4.49. The minimum Gasteiger partial charge on any atom is -0.422 e. The van der Waals surface area contributed by atoms with E-state index >= 15 is 0 Å². The molecule has 2 aromatic rings. The third kappa shape index (κ3) is 2.94. The summed E-state index contributed by atoms with van der Waals surface area (Å²) in [5.41, 5.74) is 4.99. The van der Waals surface area contributed by atoms with E-state index in [0.29, 0.717) is 11.1 Å². The molecule has 3 nitrogen and oxygen atoms in total. The van der Waals surface area contributed by atoms with Crippen LogP contribution in [0.2, 0.25) is 0 Å². The molecule has 0 fully saturated rings. The van der Waals surface area contributed by atoms with E-state index in [1.807, 2.05) is 37.3 Å². The van der Waals surface area contributed by atoms with Crippen molar-refractivity contribution >= 4 is 27.8 Å². The van der Waals surface area contributed by atoms with E-state index in [9.17, 15) is 4.79 Å². The van der Waals surface area contributed by atoms with E-state index in [1.165, 1.54) is 11.1 Å². The lowest BCUT2D eigenvalue weighted by molar-refractivity contribution is 0.557. The lowest BCUT2D eigenvalue weighted by Gasteiger charge is -2.40. The van der Waals surface area contributed by atoms with E-state index < -0.39 is 0 Å². The zero-order valence-electron chi connectivity index (χ0n) is 16.1. The first-order valence-corrected chi connectivity index (χ1v) is 8.80. The summed E-state index contributed by atoms with van der Waals surface area (Å²) in [6.45, 7) is 12.1. The van der Waals surface area contributed by atoms with E-state index in [1.54, 1.807) is 6.08 Å². The Labute approximate surface area is 154 Å². The lowest BCUT2D eigenvalue weighted by Crippen LogP contribution is -2.42. The summed E-state index contributed by atoms with van der Waals surface area (Å²) in [6.07, 6.45) is 9.55. The second-order valence-corrected chi connectivity index (χ2v) is 7.25. The number of hydrogen-bond acceptors (Lipinski definition) is 3. The molecule has 0 spiro atoms. The van der Waals surface area contributed by atoms with Crippen LogP contribution in [-0.2, 0) is 0 Å². The predicted molar refractivity (Wildman–Crippen MR) is 112 cm³/mol. The SMILES string of the molecule is C=C/C=C(\C=C/C)c1cc2cc3c(cc2oc1=O)N(C)C(C)(C)C=C3C. The molecular formula is C23H25NO2. The van der Waals surface area contributed by atoms with Crippen molar-refractivity contribution in [3.63, 3.8) is 0 Å². The minimum absolute atomic E-state index is 0.0865. The normalized spacial score (nSPS) is 16.7. The fraction of sp³-hybridized carbons (Fsp3) is 0.261. The first kappa shape index (κ1) is 18.0. The van der Waals surface area contributed by atoms with Gasteiger partial charge in [-0.05, 0) is 51.0 Å². The van der Waals surface area contributed by atoms with Crippen LogP contribution in [0.4, 0.5) is 5.69 Å². The molecule has 1 aromatic carbocycles. The number of benzene rings is 1. The van der Waals surface area contributed by atoms with Gasteiger partial charge in [-0.15, -0.1) is 0 Å². The summed E-state index contributed by atoms with van der Waals surface area (Å²) in [6, 6.07) is 5.99. The third-order valence-corrected chi connectivity index (χ3v) is 5.03. The van der Waals surface area contributed by atoms with Crippen LogP contribution >= 0.6 is 0 Å². The van der Waals surface area contributed by atoms with Crippen LogP contribution < -0.4 is 10.5 Å². The van der Waals surface area contributed by atoms with Crippen LogP contribution in [0.5, 0.6) is 0 Å². The van der Waals surface area contributed by atoms with Gasteiger partial charge in [0.1, 0.15) is 5.58 Å². The molecule has 1 aliphatic heterocycles. The van der Waals surface area contributed by atoms with Crippen molar-refractivity contribution in [3.05, 3.63) is 76.7 Å². The van der Waals surface area contributed by atoms with Crippen LogP contribution in [0.15, 0.2) is 64.4 Å². The molecule has 2 heterocycles. The fourth-order valence-corrected chi connectivity index (χ4v) is 3.51. The van der Waals surface area contributed by atoms with Gasteiger partial charge in [0.2, 0.25) is 0 Å². The summed E-state index contributed by atoms with van der Waals surface area (Å²) in [5.74, 6) is 0. The molecule has 3 heteroatoms. The standard InChI is InChI=1S/C23H25NO2/c1-7-9-16(10-8-2)19-12-17-11-18-15(3)14-23(4,5)24(6)20(18)13-21(17)26-22(19)25/h7-14H,1H2,2-6H3/b10-8-,16-9+. The van der Waals surface area contributed by atoms with Gasteiger partial charge < -0.3 is 9.32 Å². The molecule has 0 bridgehead atoms. The number of hydrogen-bond donors (Lipinski definition) is 0. The van der Waals surface area contributed by atoms with Crippen LogP contribution in [0.3, 0.4) is 0 Å². The smallest absolute Gasteiger partial charge is 0.344 e. The number of rotatable bonds is 3. The Morgan fingerprint density at radius 3 is 2.65 bits per heavy atom. The Morgan fingerprint density at radius 1 is 1.27 bits per heavy atom. The van der Waals surface area contributed by atoms with E-state index in [0.717, 1.165) is 16.6 Å². The van der Waals surface area contributed by atoms with Gasteiger partial charge in [0.25, 0.3) is 0 Å². The average Bonchev–Trinajstić information content (AvgIpc) is 2.58. The van der Waals surface area contributed by atoms with E-state index in [4.69, 9.17) is 4.42 Å². The highest BCUT2D eigenvalue weighted by molar-refractivity contribution is 5.93. The number of allylic oxidation sites excluding steroid dienone is 6. The molecule has 0 radical (unpaired) electrons. The van der Waals surface area contributed by atoms with Crippen molar-refractivity contribution in [2.75, 3.05) is 11.9 Å². The molecule has 0 N–H and O–H groups in total. The van der Waals surface area contributed by atoms with Crippen molar-refractivity contribution in [2.45, 2.75) is 33.2 Å². The molecule has 0 saturated heterocycles. The summed E-state index contributed by atoms with van der Waals surface area (Å²) >= 11 is 0. The molecule has 134 valence electrons. The van der Waals surface area contributed by atoms with Crippen LogP contribution in [0.1, 0.15) is 38.8 Å². The monoisotopic (exact) mass is 347 g/mol. The lowest BCUT2D eigenvalue weighted by atomic mass is 9.88. The van der Waals surface area contributed by atoms with Crippen LogP contribution in [0.25, 0.3) is 22.1 Å². The molecule has 0 saturated carbocycles. The number of fused-ring (bicyclic) bond motifs is 2. The van der Waals surface area contributed by atoms with Crippen molar-refractivity contribution < 1.29 is 4.42 Å². The van der Waals surface area contributed by atoms with Crippen LogP contribution in [-0.4, -0.2) is 12.6 Å². The van der Waals surface area contributed by atoms with Gasteiger partial charge in [-0.25, -0.2) is 4.79 Å². The second-order valence-electron chi connectivity index (χ2n) is 7.25. The quantitative estimate of drug-likeness (QED) is 0.537. The average molecular weight is 347 g/mol. The van der Waals surface area contributed by atoms with Gasteiger partial charge in [-0.3, -0.25) is 0 Å². The minimum atomic E-state index is -0.339. The van der Waals surface area contributed by atoms with Crippen molar-refractivity contribution in [1.82, 2.24) is 0 Å². The number of anilines is 1. The molecule has 0 unspecified atom stereocenters. The van der Waals surface area contributed by atoms with Gasteiger partial charge in [0.15, 0.2) is 0 Å². The van der Waals surface area contributed by atoms with Gasteiger partial charge in [-0.2, -0.15) is 0 Å². The summed E-state index contributed by atoms with van der Waals surface area (Å²) in [7, 11) is 2.07. The highest BCUT2D eigenvalue weighted by Gasteiger charge is 2.29. The molecule has 3 rings (SSSR count). The first-order valence-electron chi connectivity index (χ1n) is 8.80. The Hall–Kier alpha value is -2.81. The Morgan fingerprint density at radius 2 is 2.00 bits per heavy atom. The summed E-state index contributed by atoms with van der Waals surface area (Å²) in [4.78, 5) is 14.8. The van der Waals surface area contributed by atoms with Crippen molar-refractivity contribution in [2.24, 2.45) is 0 Å². The first-order chi connectivity index (χ1) is 12.3. The van der Waals surface area contributed by atoms with E-state index in [-0.39, 0.29) is 11.2 Å². The van der Waals surface area contributed by atoms with Gasteiger partial charge >= 0.3 is 5.63 Å². The Balaban J connectivity index is 2.28. The molecule has 26 heavy (non-hydrogen) atoms. The summed E-state index contributed by atoms with van der Waals surface area (Å²) in [5, 5.41) is 0.915. The molecule has 1 aliphatic rings. The third-order valence-electron chi connectivity index (χ3n) is 5.03. The number of likely N-dealkylation sites (N-methyl/N-ethyl adjacent to an activating group) is 1. The highest BCUT2D eigenvalue weighted by atomic mass is 16.4. The molecule has 1 aromatic heterocycles. The fourth-order valence-electron chi connectivity index (χ4n) is 3.51. The molecule has 0 amide bonds. The largest absolute Gasteiger partial charge is 0.422 e. The van der Waals surface area contributed by atoms with E-state index in [2.05, 4.69) is 51.4 Å². The molecule has 0 atom stereocenters. The van der Waals surface area contributed by atoms with Gasteiger partial charge in [0.05, 0.1) is 11.1 Å². The van der Waals surface area contributed by atoms with Crippen molar-refractivity contribution in [1.29, 1.82) is 0 Å². The molecule has 0 aliphatic carbocycles. The van der Waals surface area contributed by atoms with Gasteiger partial charge in [0, 0.05) is 29.8 Å². The maximum atomic E-state index is 12.6. The molecular weight excluding hydrogens is 322 g/mol. The topological polar surface area (TPSA) is 33.5 Å². The number of nitrogens with zero attached hydrogens (tertiary/aromatic N) is 1. The Bertz CT molecular complexity index is 1030. The zero-order chi connectivity index (χ0) is 19.1. The maximum absolute atomic E-state index is 12.6. The maximum Gasteiger partial charge on any atom is 0.344 e. The summed E-state index contributed by atoms with van der Waals surface area (Å²) < 4.78 is 5.67. The second kappa shape index (κ2) is 6.49. The van der Waals surface area contributed by atoms with Crippen molar-refractivity contribution in [3.8, 4) is 0 Å². The predicted octanol–water partition coefficient (Wildman–Crippen LogP) is 5.57.